The first-order valence-corrected chi connectivity index (χ1v) is 11.7. The maximum atomic E-state index is 12.9. The first-order valence-electron chi connectivity index (χ1n) is 10.3. The van der Waals surface area contributed by atoms with Crippen LogP contribution in [0.25, 0.3) is 11.4 Å². The van der Waals surface area contributed by atoms with Crippen LogP contribution in [0.15, 0.2) is 33.7 Å². The molecule has 0 atom stereocenters. The summed E-state index contributed by atoms with van der Waals surface area (Å²) < 4.78 is 32.4. The standard InChI is InChI=1S/C20H26N4O4S/c25-19(21-16-7-3-4-8-16)20-22-18(23-28-20)15-9-11-17(12-10-15)29(26,27)24-13-5-1-2-6-14-24/h9-12,16H,1-8,13-14H2,(H,21,25). The van der Waals surface area contributed by atoms with E-state index in [1.165, 1.54) is 0 Å². The normalized spacial score (nSPS) is 19.2. The molecule has 8 nitrogen and oxygen atoms in total. The molecule has 0 spiro atoms. The van der Waals surface area contributed by atoms with Gasteiger partial charge >= 0.3 is 11.8 Å². The van der Waals surface area contributed by atoms with Crippen LogP contribution >= 0.6 is 0 Å². The fourth-order valence-corrected chi connectivity index (χ4v) is 5.47. The van der Waals surface area contributed by atoms with Crippen LogP contribution in [0, 0.1) is 0 Å². The number of rotatable bonds is 5. The van der Waals surface area contributed by atoms with E-state index in [1.807, 2.05) is 0 Å². The van der Waals surface area contributed by atoms with Crippen molar-refractivity contribution in [2.45, 2.75) is 62.3 Å². The molecule has 0 unspecified atom stereocenters. The Hall–Kier alpha value is -2.26. The number of aromatic nitrogens is 2. The Balaban J connectivity index is 1.46. The first kappa shape index (κ1) is 20.0. The Kier molecular flexibility index (Phi) is 5.96. The molecule has 4 rings (SSSR count). The fraction of sp³-hybridized carbons (Fsp3) is 0.550. The van der Waals surface area contributed by atoms with Gasteiger partial charge in [-0.1, -0.05) is 30.8 Å². The van der Waals surface area contributed by atoms with Crippen molar-refractivity contribution in [1.29, 1.82) is 0 Å². The van der Waals surface area contributed by atoms with E-state index in [2.05, 4.69) is 15.5 Å². The van der Waals surface area contributed by atoms with Crippen LogP contribution in [0.2, 0.25) is 0 Å². The predicted octanol–water partition coefficient (Wildman–Crippen LogP) is 2.97. The maximum absolute atomic E-state index is 12.9. The van der Waals surface area contributed by atoms with E-state index < -0.39 is 10.0 Å². The third-order valence-corrected chi connectivity index (χ3v) is 7.54. The molecule has 1 aromatic carbocycles. The summed E-state index contributed by atoms with van der Waals surface area (Å²) in [6, 6.07) is 6.58. The topological polar surface area (TPSA) is 105 Å². The zero-order valence-corrected chi connectivity index (χ0v) is 17.2. The van der Waals surface area contributed by atoms with Gasteiger partial charge in [0.1, 0.15) is 0 Å². The zero-order valence-electron chi connectivity index (χ0n) is 16.3. The number of hydrogen-bond donors (Lipinski definition) is 1. The van der Waals surface area contributed by atoms with Gasteiger partial charge in [0.05, 0.1) is 4.90 Å². The van der Waals surface area contributed by atoms with E-state index in [0.717, 1.165) is 51.4 Å². The molecular formula is C20H26N4O4S. The summed E-state index contributed by atoms with van der Waals surface area (Å²) in [5, 5.41) is 6.78. The highest BCUT2D eigenvalue weighted by Gasteiger charge is 2.26. The molecule has 1 saturated carbocycles. The molecule has 1 aliphatic carbocycles. The SMILES string of the molecule is O=C(NC1CCCC1)c1nc(-c2ccc(S(=O)(=O)N3CCCCCC3)cc2)no1. The Morgan fingerprint density at radius 1 is 1.00 bits per heavy atom. The van der Waals surface area contributed by atoms with Gasteiger partial charge in [-0.2, -0.15) is 9.29 Å². The van der Waals surface area contributed by atoms with Crippen LogP contribution in [0.4, 0.5) is 0 Å². The maximum Gasteiger partial charge on any atom is 0.316 e. The van der Waals surface area contributed by atoms with Gasteiger partial charge in [-0.3, -0.25) is 4.79 Å². The Labute approximate surface area is 170 Å². The number of sulfonamides is 1. The first-order chi connectivity index (χ1) is 14.0. The molecule has 2 aliphatic rings. The summed E-state index contributed by atoms with van der Waals surface area (Å²) in [6.07, 6.45) is 8.11. The minimum atomic E-state index is -3.50. The molecule has 29 heavy (non-hydrogen) atoms. The number of carbonyl (C=O) groups is 1. The number of nitrogens with zero attached hydrogens (tertiary/aromatic N) is 3. The Morgan fingerprint density at radius 2 is 1.66 bits per heavy atom. The Morgan fingerprint density at radius 3 is 2.31 bits per heavy atom. The summed E-state index contributed by atoms with van der Waals surface area (Å²) in [7, 11) is -3.50. The van der Waals surface area contributed by atoms with Gasteiger partial charge in [0.25, 0.3) is 0 Å². The summed E-state index contributed by atoms with van der Waals surface area (Å²) in [5.74, 6) is -0.176. The average Bonchev–Trinajstić information content (AvgIpc) is 3.34. The highest BCUT2D eigenvalue weighted by Crippen LogP contribution is 2.24. The van der Waals surface area contributed by atoms with Crippen molar-refractivity contribution in [3.8, 4) is 11.4 Å². The van der Waals surface area contributed by atoms with Crippen molar-refractivity contribution in [2.24, 2.45) is 0 Å². The fourth-order valence-electron chi connectivity index (χ4n) is 3.96. The Bertz CT molecular complexity index is 941. The zero-order chi connectivity index (χ0) is 20.3. The quantitative estimate of drug-likeness (QED) is 0.800. The van der Waals surface area contributed by atoms with Crippen molar-refractivity contribution in [3.05, 3.63) is 30.2 Å². The van der Waals surface area contributed by atoms with Crippen LogP contribution < -0.4 is 5.32 Å². The lowest BCUT2D eigenvalue weighted by atomic mass is 10.2. The smallest absolute Gasteiger partial charge is 0.316 e. The number of carbonyl (C=O) groups excluding carboxylic acids is 1. The number of hydrogen-bond acceptors (Lipinski definition) is 6. The lowest BCUT2D eigenvalue weighted by molar-refractivity contribution is 0.0893. The predicted molar refractivity (Wildman–Crippen MR) is 107 cm³/mol. The molecule has 1 aromatic heterocycles. The monoisotopic (exact) mass is 418 g/mol. The van der Waals surface area contributed by atoms with Gasteiger partial charge < -0.3 is 9.84 Å². The van der Waals surface area contributed by atoms with E-state index in [-0.39, 0.29) is 28.6 Å². The highest BCUT2D eigenvalue weighted by molar-refractivity contribution is 7.89. The van der Waals surface area contributed by atoms with Crippen molar-refractivity contribution >= 4 is 15.9 Å². The molecular weight excluding hydrogens is 392 g/mol. The van der Waals surface area contributed by atoms with Crippen molar-refractivity contribution < 1.29 is 17.7 Å². The second-order valence-corrected chi connectivity index (χ2v) is 9.66. The lowest BCUT2D eigenvalue weighted by Gasteiger charge is -2.19. The summed E-state index contributed by atoms with van der Waals surface area (Å²) in [4.78, 5) is 16.7. The molecule has 9 heteroatoms. The molecule has 2 heterocycles. The van der Waals surface area contributed by atoms with Crippen LogP contribution in [-0.4, -0.2) is 47.9 Å². The van der Waals surface area contributed by atoms with Gasteiger partial charge in [0, 0.05) is 24.7 Å². The van der Waals surface area contributed by atoms with E-state index in [0.29, 0.717) is 18.7 Å². The van der Waals surface area contributed by atoms with Gasteiger partial charge in [-0.05, 0) is 49.9 Å². The van der Waals surface area contributed by atoms with Crippen molar-refractivity contribution in [2.75, 3.05) is 13.1 Å². The summed E-state index contributed by atoms with van der Waals surface area (Å²) >= 11 is 0. The largest absolute Gasteiger partial charge is 0.345 e. The molecule has 2 aromatic rings. The number of benzene rings is 1. The van der Waals surface area contributed by atoms with Crippen molar-refractivity contribution in [3.63, 3.8) is 0 Å². The molecule has 1 amide bonds. The molecule has 0 bridgehead atoms. The van der Waals surface area contributed by atoms with Crippen LogP contribution in [0.1, 0.15) is 62.1 Å². The molecule has 1 N–H and O–H groups in total. The summed E-state index contributed by atoms with van der Waals surface area (Å²) in [6.45, 7) is 1.13. The second-order valence-electron chi connectivity index (χ2n) is 7.72. The minimum absolute atomic E-state index is 0.0758. The van der Waals surface area contributed by atoms with Gasteiger partial charge in [-0.15, -0.1) is 0 Å². The molecule has 0 radical (unpaired) electrons. The number of nitrogens with one attached hydrogen (secondary N) is 1. The highest BCUT2D eigenvalue weighted by atomic mass is 32.2. The molecule has 1 saturated heterocycles. The third kappa shape index (κ3) is 4.51. The van der Waals surface area contributed by atoms with Gasteiger partial charge in [0.2, 0.25) is 15.8 Å². The van der Waals surface area contributed by atoms with Gasteiger partial charge in [-0.25, -0.2) is 8.42 Å². The lowest BCUT2D eigenvalue weighted by Crippen LogP contribution is -2.32. The van der Waals surface area contributed by atoms with E-state index >= 15 is 0 Å². The van der Waals surface area contributed by atoms with Crippen LogP contribution in [0.5, 0.6) is 0 Å². The number of amides is 1. The summed E-state index contributed by atoms with van der Waals surface area (Å²) in [5.41, 5.74) is 0.600. The van der Waals surface area contributed by atoms with E-state index in [9.17, 15) is 13.2 Å². The van der Waals surface area contributed by atoms with Crippen LogP contribution in [-0.2, 0) is 10.0 Å². The third-order valence-electron chi connectivity index (χ3n) is 5.63. The van der Waals surface area contributed by atoms with E-state index in [1.54, 1.807) is 28.6 Å². The van der Waals surface area contributed by atoms with Gasteiger partial charge in [0.15, 0.2) is 0 Å². The molecule has 156 valence electrons. The minimum Gasteiger partial charge on any atom is -0.345 e. The van der Waals surface area contributed by atoms with Crippen LogP contribution in [0.3, 0.4) is 0 Å². The van der Waals surface area contributed by atoms with Crippen molar-refractivity contribution in [1.82, 2.24) is 19.8 Å². The average molecular weight is 419 g/mol. The molecule has 1 aliphatic heterocycles. The second kappa shape index (κ2) is 8.62. The molecule has 2 fully saturated rings. The van der Waals surface area contributed by atoms with E-state index in [4.69, 9.17) is 4.52 Å².